The average molecular weight is 691 g/mol. The monoisotopic (exact) mass is 691 g/mol. The van der Waals surface area contributed by atoms with Crippen molar-refractivity contribution < 1.29 is 43.4 Å². The van der Waals surface area contributed by atoms with Crippen LogP contribution in [-0.2, 0) is 24.6 Å². The van der Waals surface area contributed by atoms with Crippen LogP contribution in [0.3, 0.4) is 0 Å². The molecule has 0 fully saturated rings. The van der Waals surface area contributed by atoms with Crippen molar-refractivity contribution in [2.75, 3.05) is 0 Å². The van der Waals surface area contributed by atoms with E-state index in [0.717, 1.165) is 0 Å². The summed E-state index contributed by atoms with van der Waals surface area (Å²) in [4.78, 5) is 0. The molecule has 1 aromatic rings. The van der Waals surface area contributed by atoms with Crippen molar-refractivity contribution in [3.8, 4) is 0 Å². The van der Waals surface area contributed by atoms with Crippen LogP contribution in [0.1, 0.15) is 67.9 Å². The third-order valence-corrected chi connectivity index (χ3v) is 44.5. The van der Waals surface area contributed by atoms with Crippen molar-refractivity contribution in [3.05, 3.63) is 97.6 Å². The smallest absolute Gasteiger partial charge is 1.00 e. The van der Waals surface area contributed by atoms with Gasteiger partial charge in [0.2, 0.25) is 0 Å². The van der Waals surface area contributed by atoms with Crippen molar-refractivity contribution in [3.63, 3.8) is 0 Å². The van der Waals surface area contributed by atoms with E-state index in [0.29, 0.717) is 24.0 Å². The van der Waals surface area contributed by atoms with Crippen LogP contribution >= 0.6 is 0 Å². The van der Waals surface area contributed by atoms with Gasteiger partial charge in [-0.1, -0.05) is 0 Å². The van der Waals surface area contributed by atoms with Crippen LogP contribution in [0.5, 0.6) is 0 Å². The van der Waals surface area contributed by atoms with Crippen molar-refractivity contribution in [2.45, 2.75) is 68.4 Å². The van der Waals surface area contributed by atoms with Crippen LogP contribution in [0.2, 0.25) is 0 Å². The van der Waals surface area contributed by atoms with E-state index in [9.17, 15) is 0 Å². The van der Waals surface area contributed by atoms with E-state index in [4.69, 9.17) is 0 Å². The summed E-state index contributed by atoms with van der Waals surface area (Å²) in [5, 5.41) is 0. The summed E-state index contributed by atoms with van der Waals surface area (Å²) in [7, 11) is 0. The van der Waals surface area contributed by atoms with E-state index in [-0.39, 0.29) is 24.8 Å². The summed E-state index contributed by atoms with van der Waals surface area (Å²) in [5.41, 5.74) is 11.1. The molecule has 0 amide bonds. The molecule has 0 spiro atoms. The van der Waals surface area contributed by atoms with Crippen LogP contribution < -0.4 is 24.8 Å². The SMILES string of the molecule is CC1=CC(C)[C]([Hf+2](=[SiH]Cc2ccccc2)([C]2=C(C)C(C)=CC2C)[C]2=C(C)C=C(C)C2C)=C1C.[Cl-].[Cl-]. The van der Waals surface area contributed by atoms with Gasteiger partial charge in [0, 0.05) is 0 Å². The Bertz CT molecular complexity index is 1190. The molecule has 0 saturated heterocycles. The zero-order valence-corrected chi connectivity index (χ0v) is 29.2. The number of hydrogen-bond acceptors (Lipinski definition) is 0. The summed E-state index contributed by atoms with van der Waals surface area (Å²) >= 11 is -3.41. The first kappa shape index (κ1) is 30.6. The Hall–Kier alpha value is -0.673. The minimum absolute atomic E-state index is 0. The summed E-state index contributed by atoms with van der Waals surface area (Å²) in [6.45, 7) is 21.9. The molecule has 3 aliphatic rings. The number of hydrogen-bond donors (Lipinski definition) is 0. The first-order chi connectivity index (χ1) is 15.6. The summed E-state index contributed by atoms with van der Waals surface area (Å²) in [5.74, 6) is 1.75. The fourth-order valence-corrected chi connectivity index (χ4v) is 53.5. The Morgan fingerprint density at radius 3 is 1.57 bits per heavy atom. The van der Waals surface area contributed by atoms with Crippen LogP contribution in [0.15, 0.2) is 92.0 Å². The second-order valence-corrected chi connectivity index (χ2v) is 34.7. The third kappa shape index (κ3) is 5.20. The van der Waals surface area contributed by atoms with Crippen LogP contribution in [0.4, 0.5) is 0 Å². The minimum atomic E-state index is -3.41. The maximum absolute atomic E-state index is 3.41. The standard InChI is InChI=1S/3C8H11.C7H8Si.2ClH.Hf/c3*1-6-4-7(2)8(3)5-6;8-6-7-4-2-1-3-5-7;;;/h4,8H,1-3H3;2*4,6H,1-3H3;1-5,8H,6H2;2*1H;/q;;;;;;+2/p-2. The third-order valence-electron chi connectivity index (χ3n) is 8.65. The molecule has 3 unspecified atom stereocenters. The van der Waals surface area contributed by atoms with Gasteiger partial charge in [0.1, 0.15) is 0 Å². The molecule has 0 nitrogen and oxygen atoms in total. The predicted octanol–water partition coefficient (Wildman–Crippen LogP) is 2.31. The van der Waals surface area contributed by atoms with Gasteiger partial charge >= 0.3 is 208 Å². The zero-order chi connectivity index (χ0) is 24.1. The van der Waals surface area contributed by atoms with E-state index in [1.54, 1.807) is 22.3 Å². The second kappa shape index (κ2) is 11.8. The topological polar surface area (TPSA) is 0 Å². The molecule has 0 heterocycles. The Morgan fingerprint density at radius 1 is 0.714 bits per heavy atom. The molecule has 3 atom stereocenters. The maximum atomic E-state index is 2.58. The average Bonchev–Trinajstić information content (AvgIpc) is 3.29. The minimum Gasteiger partial charge on any atom is -1.00 e. The van der Waals surface area contributed by atoms with E-state index >= 15 is 0 Å². The Labute approximate surface area is 231 Å². The number of rotatable bonds is 5. The van der Waals surface area contributed by atoms with Gasteiger partial charge in [0.05, 0.1) is 0 Å². The quantitative estimate of drug-likeness (QED) is 0.417. The fourth-order valence-electron chi connectivity index (χ4n) is 7.00. The molecule has 0 saturated carbocycles. The van der Waals surface area contributed by atoms with Crippen molar-refractivity contribution in [2.24, 2.45) is 17.8 Å². The van der Waals surface area contributed by atoms with Gasteiger partial charge in [-0.25, -0.2) is 0 Å². The molecule has 0 aromatic heterocycles. The van der Waals surface area contributed by atoms with Gasteiger partial charge in [-0.05, 0) is 0 Å². The van der Waals surface area contributed by atoms with Crippen LogP contribution in [-0.4, -0.2) is 6.22 Å². The van der Waals surface area contributed by atoms with Crippen LogP contribution in [0, 0.1) is 17.8 Å². The van der Waals surface area contributed by atoms with E-state index in [1.165, 1.54) is 22.8 Å². The summed E-state index contributed by atoms with van der Waals surface area (Å²) < 4.78 is 5.75. The molecule has 35 heavy (non-hydrogen) atoms. The van der Waals surface area contributed by atoms with Crippen molar-refractivity contribution in [1.82, 2.24) is 0 Å². The predicted molar refractivity (Wildman–Crippen MR) is 144 cm³/mol. The largest absolute Gasteiger partial charge is 1.00 e. The zero-order valence-electron chi connectivity index (χ0n) is 22.9. The molecule has 1 aromatic carbocycles. The second-order valence-electron chi connectivity index (χ2n) is 10.8. The summed E-state index contributed by atoms with van der Waals surface area (Å²) in [6, 6.07) is 12.6. The molecule has 0 N–H and O–H groups in total. The Balaban J connectivity index is 0.00000216. The Morgan fingerprint density at radius 2 is 1.20 bits per heavy atom. The number of allylic oxidation sites excluding steroid dienone is 12. The molecular formula is C31H41Cl2HfSi. The molecule has 0 radical (unpaired) electrons. The number of halogens is 2. The van der Waals surface area contributed by atoms with Crippen LogP contribution in [0.25, 0.3) is 0 Å². The van der Waals surface area contributed by atoms with E-state index in [1.807, 2.05) is 9.99 Å². The van der Waals surface area contributed by atoms with Gasteiger partial charge in [-0.3, -0.25) is 0 Å². The maximum Gasteiger partial charge on any atom is -1.00 e. The first-order valence-electron chi connectivity index (χ1n) is 12.7. The van der Waals surface area contributed by atoms with Gasteiger partial charge in [0.25, 0.3) is 0 Å². The first-order valence-corrected chi connectivity index (χ1v) is 25.7. The fraction of sp³-hybridized carbons (Fsp3) is 0.419. The molecular weight excluding hydrogens is 650 g/mol. The van der Waals surface area contributed by atoms with Gasteiger partial charge in [0.15, 0.2) is 0 Å². The van der Waals surface area contributed by atoms with E-state index in [2.05, 4.69) is 111 Å². The van der Waals surface area contributed by atoms with E-state index < -0.39 is 18.6 Å². The van der Waals surface area contributed by atoms with Gasteiger partial charge in [-0.2, -0.15) is 0 Å². The van der Waals surface area contributed by atoms with Crippen molar-refractivity contribution >= 4 is 6.22 Å². The van der Waals surface area contributed by atoms with Crippen molar-refractivity contribution in [1.29, 1.82) is 0 Å². The molecule has 3 aliphatic carbocycles. The Kier molecular flexibility index (Phi) is 10.3. The molecule has 0 aliphatic heterocycles. The molecule has 4 heteroatoms. The molecule has 4 rings (SSSR count). The molecule has 0 bridgehead atoms. The normalized spacial score (nSPS) is 24.7. The summed E-state index contributed by atoms with van der Waals surface area (Å²) in [6.07, 6.45) is 8.00. The van der Waals surface area contributed by atoms with Gasteiger partial charge < -0.3 is 24.8 Å². The molecule has 187 valence electrons. The number of benzene rings is 1. The van der Waals surface area contributed by atoms with Gasteiger partial charge in [-0.15, -0.1) is 0 Å².